The van der Waals surface area contributed by atoms with Gasteiger partial charge in [-0.15, -0.1) is 0 Å². The molecule has 24 heavy (non-hydrogen) atoms. The van der Waals surface area contributed by atoms with E-state index in [0.717, 1.165) is 22.8 Å². The monoisotopic (exact) mass is 341 g/mol. The average Bonchev–Trinajstić information content (AvgIpc) is 2.56. The standard InChI is InChI=1S/C17H16ClN5O/c1-24-14-8-6-12(7-9-14)20-11-2-4-13(5-3-11)21-16-10-15(18)22-17(19)23-16/h2-10,20H,1H3,(H3,19,21,22,23). The predicted molar refractivity (Wildman–Crippen MR) is 97.5 cm³/mol. The highest BCUT2D eigenvalue weighted by atomic mass is 35.5. The number of ether oxygens (including phenoxy) is 1. The van der Waals surface area contributed by atoms with Gasteiger partial charge in [-0.05, 0) is 48.5 Å². The SMILES string of the molecule is COc1ccc(Nc2ccc(Nc3cc(Cl)nc(N)n3)cc2)cc1. The number of nitrogen functional groups attached to an aromatic ring is 1. The first-order valence-electron chi connectivity index (χ1n) is 7.20. The summed E-state index contributed by atoms with van der Waals surface area (Å²) in [5.41, 5.74) is 8.39. The van der Waals surface area contributed by atoms with Crippen molar-refractivity contribution in [3.05, 3.63) is 59.8 Å². The lowest BCUT2D eigenvalue weighted by molar-refractivity contribution is 0.415. The maximum absolute atomic E-state index is 5.86. The third kappa shape index (κ3) is 4.05. The minimum absolute atomic E-state index is 0.128. The van der Waals surface area contributed by atoms with E-state index in [4.69, 9.17) is 22.1 Å². The van der Waals surface area contributed by atoms with E-state index < -0.39 is 0 Å². The van der Waals surface area contributed by atoms with Crippen LogP contribution in [0.4, 0.5) is 28.8 Å². The van der Waals surface area contributed by atoms with Gasteiger partial charge in [0.05, 0.1) is 7.11 Å². The summed E-state index contributed by atoms with van der Waals surface area (Å²) in [5.74, 6) is 1.49. The van der Waals surface area contributed by atoms with Crippen LogP contribution in [0, 0.1) is 0 Å². The number of nitrogens with two attached hydrogens (primary N) is 1. The quantitative estimate of drug-likeness (QED) is 0.603. The fraction of sp³-hybridized carbons (Fsp3) is 0.0588. The zero-order valence-electron chi connectivity index (χ0n) is 13.0. The highest BCUT2D eigenvalue weighted by Gasteiger charge is 2.02. The maximum atomic E-state index is 5.86. The van der Waals surface area contributed by atoms with Crippen molar-refractivity contribution in [2.45, 2.75) is 0 Å². The number of benzene rings is 2. The van der Waals surface area contributed by atoms with E-state index in [1.54, 1.807) is 13.2 Å². The highest BCUT2D eigenvalue weighted by molar-refractivity contribution is 6.29. The molecule has 6 nitrogen and oxygen atoms in total. The number of aromatic nitrogens is 2. The second-order valence-electron chi connectivity index (χ2n) is 4.99. The van der Waals surface area contributed by atoms with Crippen molar-refractivity contribution in [2.75, 3.05) is 23.5 Å². The largest absolute Gasteiger partial charge is 0.497 e. The smallest absolute Gasteiger partial charge is 0.223 e. The first kappa shape index (κ1) is 15.9. The molecule has 0 saturated heterocycles. The first-order valence-corrected chi connectivity index (χ1v) is 7.58. The van der Waals surface area contributed by atoms with E-state index in [9.17, 15) is 0 Å². The number of nitrogens with zero attached hydrogens (tertiary/aromatic N) is 2. The number of hydrogen-bond donors (Lipinski definition) is 3. The van der Waals surface area contributed by atoms with Gasteiger partial charge in [0.2, 0.25) is 5.95 Å². The van der Waals surface area contributed by atoms with Gasteiger partial charge in [0.15, 0.2) is 0 Å². The molecular formula is C17H16ClN5O. The third-order valence-electron chi connectivity index (χ3n) is 3.25. The van der Waals surface area contributed by atoms with E-state index >= 15 is 0 Å². The molecule has 0 fully saturated rings. The van der Waals surface area contributed by atoms with Crippen LogP contribution in [0.2, 0.25) is 5.15 Å². The van der Waals surface area contributed by atoms with Crippen molar-refractivity contribution in [1.29, 1.82) is 0 Å². The van der Waals surface area contributed by atoms with Crippen LogP contribution in [-0.4, -0.2) is 17.1 Å². The third-order valence-corrected chi connectivity index (χ3v) is 3.44. The molecule has 1 aromatic heterocycles. The molecule has 1 heterocycles. The Morgan fingerprint density at radius 2 is 1.42 bits per heavy atom. The number of halogens is 1. The summed E-state index contributed by atoms with van der Waals surface area (Å²) in [4.78, 5) is 7.90. The highest BCUT2D eigenvalue weighted by Crippen LogP contribution is 2.23. The molecule has 0 radical (unpaired) electrons. The topological polar surface area (TPSA) is 85.1 Å². The summed E-state index contributed by atoms with van der Waals surface area (Å²) in [6.07, 6.45) is 0. The Morgan fingerprint density at radius 1 is 0.875 bits per heavy atom. The number of anilines is 5. The molecule has 4 N–H and O–H groups in total. The summed E-state index contributed by atoms with van der Waals surface area (Å²) >= 11 is 5.86. The summed E-state index contributed by atoms with van der Waals surface area (Å²) in [6.45, 7) is 0. The van der Waals surface area contributed by atoms with Crippen LogP contribution in [0.1, 0.15) is 0 Å². The minimum atomic E-state index is 0.128. The van der Waals surface area contributed by atoms with Gasteiger partial charge in [-0.25, -0.2) is 4.98 Å². The zero-order chi connectivity index (χ0) is 16.9. The van der Waals surface area contributed by atoms with Crippen molar-refractivity contribution in [3.63, 3.8) is 0 Å². The summed E-state index contributed by atoms with van der Waals surface area (Å²) in [5, 5.41) is 6.74. The number of methoxy groups -OCH3 is 1. The van der Waals surface area contributed by atoms with E-state index in [0.29, 0.717) is 11.0 Å². The fourth-order valence-electron chi connectivity index (χ4n) is 2.13. The molecule has 0 unspecified atom stereocenters. The molecule has 0 amide bonds. The summed E-state index contributed by atoms with van der Waals surface area (Å²) in [7, 11) is 1.65. The fourth-order valence-corrected chi connectivity index (χ4v) is 2.31. The van der Waals surface area contributed by atoms with Crippen LogP contribution < -0.4 is 21.1 Å². The number of rotatable bonds is 5. The molecule has 3 rings (SSSR count). The van der Waals surface area contributed by atoms with Crippen molar-refractivity contribution in [2.24, 2.45) is 0 Å². The van der Waals surface area contributed by atoms with E-state index in [-0.39, 0.29) is 5.95 Å². The minimum Gasteiger partial charge on any atom is -0.497 e. The van der Waals surface area contributed by atoms with Gasteiger partial charge >= 0.3 is 0 Å². The Bertz CT molecular complexity index is 801. The van der Waals surface area contributed by atoms with Crippen LogP contribution in [0.5, 0.6) is 5.75 Å². The van der Waals surface area contributed by atoms with Crippen molar-refractivity contribution < 1.29 is 4.74 Å². The summed E-state index contributed by atoms with van der Waals surface area (Å²) < 4.78 is 5.14. The lowest BCUT2D eigenvalue weighted by atomic mass is 10.2. The van der Waals surface area contributed by atoms with Crippen LogP contribution in [0.15, 0.2) is 54.6 Å². The van der Waals surface area contributed by atoms with Gasteiger partial charge in [0, 0.05) is 23.1 Å². The predicted octanol–water partition coefficient (Wildman–Crippen LogP) is 4.21. The normalized spacial score (nSPS) is 10.2. The van der Waals surface area contributed by atoms with Crippen LogP contribution in [-0.2, 0) is 0 Å². The molecule has 0 aliphatic heterocycles. The van der Waals surface area contributed by atoms with Gasteiger partial charge in [0.25, 0.3) is 0 Å². The van der Waals surface area contributed by atoms with Crippen molar-refractivity contribution in [1.82, 2.24) is 9.97 Å². The van der Waals surface area contributed by atoms with Crippen molar-refractivity contribution in [3.8, 4) is 5.75 Å². The van der Waals surface area contributed by atoms with Gasteiger partial charge in [-0.1, -0.05) is 11.6 Å². The molecule has 0 saturated carbocycles. The Kier molecular flexibility index (Phi) is 4.67. The Labute approximate surface area is 144 Å². The van der Waals surface area contributed by atoms with Gasteiger partial charge < -0.3 is 21.1 Å². The molecular weight excluding hydrogens is 326 g/mol. The number of hydrogen-bond acceptors (Lipinski definition) is 6. The molecule has 3 aromatic rings. The van der Waals surface area contributed by atoms with E-state index in [2.05, 4.69) is 20.6 Å². The molecule has 2 aromatic carbocycles. The van der Waals surface area contributed by atoms with Crippen LogP contribution in [0.3, 0.4) is 0 Å². The second-order valence-corrected chi connectivity index (χ2v) is 5.38. The zero-order valence-corrected chi connectivity index (χ0v) is 13.7. The first-order chi connectivity index (χ1) is 11.6. The van der Waals surface area contributed by atoms with Gasteiger partial charge in [-0.2, -0.15) is 4.98 Å². The second kappa shape index (κ2) is 7.06. The lowest BCUT2D eigenvalue weighted by Gasteiger charge is -2.10. The van der Waals surface area contributed by atoms with Crippen LogP contribution >= 0.6 is 11.6 Å². The molecule has 7 heteroatoms. The van der Waals surface area contributed by atoms with Crippen LogP contribution in [0.25, 0.3) is 0 Å². The number of nitrogens with one attached hydrogen (secondary N) is 2. The Morgan fingerprint density at radius 3 is 1.96 bits per heavy atom. The van der Waals surface area contributed by atoms with Crippen molar-refractivity contribution >= 4 is 40.4 Å². The molecule has 0 spiro atoms. The van der Waals surface area contributed by atoms with Gasteiger partial charge in [0.1, 0.15) is 16.7 Å². The molecule has 0 bridgehead atoms. The van der Waals surface area contributed by atoms with E-state index in [1.807, 2.05) is 48.5 Å². The van der Waals surface area contributed by atoms with Gasteiger partial charge in [-0.3, -0.25) is 0 Å². The molecule has 0 atom stereocenters. The molecule has 0 aliphatic rings. The molecule has 122 valence electrons. The maximum Gasteiger partial charge on any atom is 0.223 e. The molecule has 0 aliphatic carbocycles. The van der Waals surface area contributed by atoms with E-state index in [1.165, 1.54) is 0 Å². The lowest BCUT2D eigenvalue weighted by Crippen LogP contribution is -2.00. The Balaban J connectivity index is 1.68. The summed E-state index contributed by atoms with van der Waals surface area (Å²) in [6, 6.07) is 17.1. The Hall–Kier alpha value is -2.99. The average molecular weight is 342 g/mol.